The third-order valence-electron chi connectivity index (χ3n) is 5.28. The smallest absolute Gasteiger partial charge is 0.191 e. The summed E-state index contributed by atoms with van der Waals surface area (Å²) in [4.78, 5) is 8.66. The normalized spacial score (nSPS) is 18.4. The average Bonchev–Trinajstić information content (AvgIpc) is 3.43. The summed E-state index contributed by atoms with van der Waals surface area (Å²) in [5, 5.41) is 17.3. The highest BCUT2D eigenvalue weighted by Crippen LogP contribution is 2.18. The number of nitrogens with one attached hydrogen (secondary N) is 2. The van der Waals surface area contributed by atoms with Crippen molar-refractivity contribution in [3.05, 3.63) is 34.5 Å². The molecule has 0 aliphatic carbocycles. The summed E-state index contributed by atoms with van der Waals surface area (Å²) < 4.78 is 8.07. The Kier molecular flexibility index (Phi) is 11.9. The molecule has 2 aromatic rings. The fraction of sp³-hybridized carbons (Fsp3) is 0.682. The lowest BCUT2D eigenvalue weighted by atomic mass is 10.2. The number of aliphatic imine (C=N–C) groups is 1. The van der Waals surface area contributed by atoms with Gasteiger partial charge in [-0.15, -0.1) is 45.5 Å². The standard InChI is InChI=1S/C22H37N7OS.HI/c1-5-21-27-25-16-29(21)9-8-23-22(26-18(4)20-7-6-12-31-20)24-13-19-15-28(10-11-30-19)14-17(2)3;/h6-7,12,16-19H,5,8-11,13-15H2,1-4H3,(H2,23,24,26);1H. The number of rotatable bonds is 10. The largest absolute Gasteiger partial charge is 0.374 e. The van der Waals surface area contributed by atoms with Crippen molar-refractivity contribution in [1.82, 2.24) is 30.3 Å². The fourth-order valence-corrected chi connectivity index (χ4v) is 4.50. The Morgan fingerprint density at radius 3 is 2.94 bits per heavy atom. The van der Waals surface area contributed by atoms with Gasteiger partial charge < -0.3 is 19.9 Å². The third-order valence-corrected chi connectivity index (χ3v) is 6.33. The topological polar surface area (TPSA) is 79.6 Å². The van der Waals surface area contributed by atoms with E-state index in [0.717, 1.165) is 57.5 Å². The molecule has 0 bridgehead atoms. The molecule has 2 unspecified atom stereocenters. The average molecular weight is 576 g/mol. The highest BCUT2D eigenvalue weighted by atomic mass is 127. The summed E-state index contributed by atoms with van der Waals surface area (Å²) >= 11 is 1.75. The summed E-state index contributed by atoms with van der Waals surface area (Å²) in [6, 6.07) is 4.43. The van der Waals surface area contributed by atoms with E-state index in [1.807, 2.05) is 0 Å². The number of hydrogen-bond acceptors (Lipinski definition) is 6. The number of aromatic nitrogens is 3. The molecule has 1 saturated heterocycles. The molecular formula is C22H38IN7OS. The van der Waals surface area contributed by atoms with Crippen LogP contribution < -0.4 is 10.6 Å². The molecule has 3 rings (SSSR count). The Balaban J connectivity index is 0.00000363. The Morgan fingerprint density at radius 1 is 1.38 bits per heavy atom. The van der Waals surface area contributed by atoms with Crippen LogP contribution in [0.25, 0.3) is 0 Å². The molecule has 1 aliphatic heterocycles. The van der Waals surface area contributed by atoms with Gasteiger partial charge in [-0.05, 0) is 24.3 Å². The Hall–Kier alpha value is -1.24. The number of thiophene rings is 1. The van der Waals surface area contributed by atoms with E-state index in [0.29, 0.717) is 12.5 Å². The Morgan fingerprint density at radius 2 is 2.22 bits per heavy atom. The van der Waals surface area contributed by atoms with E-state index in [-0.39, 0.29) is 36.1 Å². The summed E-state index contributed by atoms with van der Waals surface area (Å²) in [5.74, 6) is 2.48. The van der Waals surface area contributed by atoms with Crippen LogP contribution in [-0.4, -0.2) is 71.1 Å². The first-order valence-corrected chi connectivity index (χ1v) is 12.2. The predicted octanol–water partition coefficient (Wildman–Crippen LogP) is 3.17. The van der Waals surface area contributed by atoms with Crippen molar-refractivity contribution < 1.29 is 4.74 Å². The minimum absolute atomic E-state index is 0. The molecule has 8 nitrogen and oxygen atoms in total. The number of morpholine rings is 1. The van der Waals surface area contributed by atoms with E-state index >= 15 is 0 Å². The number of nitrogens with zero attached hydrogens (tertiary/aromatic N) is 5. The van der Waals surface area contributed by atoms with E-state index in [1.54, 1.807) is 17.7 Å². The fourth-order valence-electron chi connectivity index (χ4n) is 3.77. The zero-order valence-electron chi connectivity index (χ0n) is 19.7. The Labute approximate surface area is 213 Å². The molecule has 0 saturated carbocycles. The molecule has 2 aromatic heterocycles. The number of ether oxygens (including phenoxy) is 1. The van der Waals surface area contributed by atoms with E-state index in [4.69, 9.17) is 9.73 Å². The van der Waals surface area contributed by atoms with Gasteiger partial charge in [0.05, 0.1) is 25.3 Å². The second kappa shape index (κ2) is 14.1. The van der Waals surface area contributed by atoms with Gasteiger partial charge in [-0.3, -0.25) is 9.89 Å². The van der Waals surface area contributed by atoms with Crippen LogP contribution in [0.4, 0.5) is 0 Å². The first kappa shape index (κ1) is 27.0. The molecule has 1 aliphatic rings. The number of halogens is 1. The van der Waals surface area contributed by atoms with E-state index in [9.17, 15) is 0 Å². The van der Waals surface area contributed by atoms with E-state index < -0.39 is 0 Å². The minimum Gasteiger partial charge on any atom is -0.374 e. The molecule has 10 heteroatoms. The second-order valence-electron chi connectivity index (χ2n) is 8.44. The lowest BCUT2D eigenvalue weighted by Crippen LogP contribution is -2.46. The molecule has 0 spiro atoms. The number of aryl methyl sites for hydroxylation is 1. The van der Waals surface area contributed by atoms with Gasteiger partial charge in [-0.25, -0.2) is 0 Å². The third kappa shape index (κ3) is 8.60. The maximum atomic E-state index is 5.99. The molecule has 2 atom stereocenters. The number of guanidine groups is 1. The molecule has 32 heavy (non-hydrogen) atoms. The lowest BCUT2D eigenvalue weighted by Gasteiger charge is -2.33. The zero-order chi connectivity index (χ0) is 22.1. The van der Waals surface area contributed by atoms with Crippen LogP contribution in [0.2, 0.25) is 0 Å². The van der Waals surface area contributed by atoms with Gasteiger partial charge in [0, 0.05) is 44.0 Å². The molecule has 2 N–H and O–H groups in total. The molecule has 180 valence electrons. The van der Waals surface area contributed by atoms with Crippen molar-refractivity contribution in [3.63, 3.8) is 0 Å². The maximum Gasteiger partial charge on any atom is 0.191 e. The molecule has 0 radical (unpaired) electrons. The SMILES string of the molecule is CCc1nncn1CCNC(=NCC1CN(CC(C)C)CCO1)NC(C)c1cccs1.I. The summed E-state index contributed by atoms with van der Waals surface area (Å²) in [6.45, 7) is 14.8. The van der Waals surface area contributed by atoms with Crippen LogP contribution in [0.3, 0.4) is 0 Å². The van der Waals surface area contributed by atoms with Crippen LogP contribution in [0.15, 0.2) is 28.8 Å². The summed E-state index contributed by atoms with van der Waals surface area (Å²) in [5.41, 5.74) is 0. The maximum absolute atomic E-state index is 5.99. The Bertz CT molecular complexity index is 796. The van der Waals surface area contributed by atoms with Gasteiger partial charge in [0.1, 0.15) is 12.2 Å². The lowest BCUT2D eigenvalue weighted by molar-refractivity contribution is -0.0262. The first-order valence-electron chi connectivity index (χ1n) is 11.3. The predicted molar refractivity (Wildman–Crippen MR) is 142 cm³/mol. The molecular weight excluding hydrogens is 537 g/mol. The van der Waals surface area contributed by atoms with Crippen LogP contribution in [0, 0.1) is 5.92 Å². The van der Waals surface area contributed by atoms with Crippen molar-refractivity contribution in [2.24, 2.45) is 10.9 Å². The van der Waals surface area contributed by atoms with Gasteiger partial charge in [-0.2, -0.15) is 0 Å². The molecule has 1 fully saturated rings. The van der Waals surface area contributed by atoms with Crippen molar-refractivity contribution >= 4 is 41.3 Å². The van der Waals surface area contributed by atoms with Crippen molar-refractivity contribution in [2.75, 3.05) is 39.3 Å². The molecule has 0 amide bonds. The van der Waals surface area contributed by atoms with Crippen molar-refractivity contribution in [2.45, 2.75) is 52.8 Å². The van der Waals surface area contributed by atoms with E-state index in [1.165, 1.54) is 4.88 Å². The summed E-state index contributed by atoms with van der Waals surface area (Å²) in [7, 11) is 0. The quantitative estimate of drug-likeness (QED) is 0.258. The highest BCUT2D eigenvalue weighted by Gasteiger charge is 2.21. The first-order chi connectivity index (χ1) is 15.0. The van der Waals surface area contributed by atoms with Gasteiger partial charge in [-0.1, -0.05) is 26.8 Å². The van der Waals surface area contributed by atoms with Gasteiger partial charge in [0.2, 0.25) is 0 Å². The minimum atomic E-state index is 0. The van der Waals surface area contributed by atoms with Crippen molar-refractivity contribution in [3.8, 4) is 0 Å². The van der Waals surface area contributed by atoms with E-state index in [2.05, 4.69) is 75.5 Å². The number of hydrogen-bond donors (Lipinski definition) is 2. The molecule has 3 heterocycles. The monoisotopic (exact) mass is 575 g/mol. The summed E-state index contributed by atoms with van der Waals surface area (Å²) in [6.07, 6.45) is 2.80. The van der Waals surface area contributed by atoms with Crippen LogP contribution in [0.5, 0.6) is 0 Å². The zero-order valence-corrected chi connectivity index (χ0v) is 22.8. The second-order valence-corrected chi connectivity index (χ2v) is 9.42. The van der Waals surface area contributed by atoms with Crippen LogP contribution >= 0.6 is 35.3 Å². The van der Waals surface area contributed by atoms with Gasteiger partial charge in [0.25, 0.3) is 0 Å². The van der Waals surface area contributed by atoms with Crippen LogP contribution in [0.1, 0.15) is 44.4 Å². The highest BCUT2D eigenvalue weighted by molar-refractivity contribution is 14.0. The molecule has 0 aromatic carbocycles. The van der Waals surface area contributed by atoms with Crippen molar-refractivity contribution in [1.29, 1.82) is 0 Å². The van der Waals surface area contributed by atoms with Gasteiger partial charge >= 0.3 is 0 Å². The van der Waals surface area contributed by atoms with Gasteiger partial charge in [0.15, 0.2) is 5.96 Å². The van der Waals surface area contributed by atoms with Crippen LogP contribution in [-0.2, 0) is 17.7 Å².